The lowest BCUT2D eigenvalue weighted by molar-refractivity contribution is 0.0517. The van der Waals surface area contributed by atoms with Gasteiger partial charge in [-0.15, -0.1) is 0 Å². The van der Waals surface area contributed by atoms with Crippen LogP contribution in [-0.4, -0.2) is 22.3 Å². The number of hydrogen-bond acceptors (Lipinski definition) is 3. The van der Waals surface area contributed by atoms with Crippen molar-refractivity contribution in [1.29, 1.82) is 0 Å². The Kier molecular flexibility index (Phi) is 4.60. The second-order valence-electron chi connectivity index (χ2n) is 6.69. The number of carbonyl (C=O) groups is 1. The zero-order valence-electron chi connectivity index (χ0n) is 14.5. The summed E-state index contributed by atoms with van der Waals surface area (Å²) in [6.45, 7) is 6.67. The number of likely N-dealkylation sites (tertiary alicyclic amines) is 1. The number of piperidine rings is 1. The zero-order valence-corrected chi connectivity index (χ0v) is 14.5. The molecule has 2 aromatic heterocycles. The third-order valence-corrected chi connectivity index (χ3v) is 4.77. The van der Waals surface area contributed by atoms with Crippen molar-refractivity contribution in [1.82, 2.24) is 9.88 Å². The van der Waals surface area contributed by atoms with Crippen LogP contribution in [0.1, 0.15) is 60.3 Å². The number of carbonyl (C=O) groups excluding carboxylic acids is 1. The molecule has 3 rings (SSSR count). The number of rotatable bonds is 3. The molecule has 1 amide bonds. The van der Waals surface area contributed by atoms with E-state index in [1.165, 1.54) is 0 Å². The van der Waals surface area contributed by atoms with Crippen molar-refractivity contribution >= 4 is 5.91 Å². The smallest absolute Gasteiger partial charge is 0.260 e. The first-order valence-corrected chi connectivity index (χ1v) is 8.59. The van der Waals surface area contributed by atoms with Crippen LogP contribution in [0.25, 0.3) is 0 Å². The van der Waals surface area contributed by atoms with Gasteiger partial charge >= 0.3 is 0 Å². The number of pyridine rings is 1. The van der Waals surface area contributed by atoms with Crippen molar-refractivity contribution in [3.05, 3.63) is 57.4 Å². The number of nitrogens with one attached hydrogen (secondary N) is 1. The summed E-state index contributed by atoms with van der Waals surface area (Å²) in [6, 6.07) is 7.20. The molecule has 2 aromatic rings. The molecule has 2 atom stereocenters. The maximum atomic E-state index is 13.0. The van der Waals surface area contributed by atoms with E-state index in [0.717, 1.165) is 36.5 Å². The molecule has 0 aromatic carbocycles. The van der Waals surface area contributed by atoms with Crippen LogP contribution in [0.5, 0.6) is 0 Å². The second-order valence-corrected chi connectivity index (χ2v) is 6.69. The number of nitrogens with zero attached hydrogens (tertiary/aromatic N) is 1. The van der Waals surface area contributed by atoms with Crippen LogP contribution in [-0.2, 0) is 6.42 Å². The molecule has 0 unspecified atom stereocenters. The van der Waals surface area contributed by atoms with Crippen molar-refractivity contribution in [2.75, 3.05) is 6.54 Å². The fraction of sp³-hybridized carbons (Fsp3) is 0.474. The van der Waals surface area contributed by atoms with E-state index in [9.17, 15) is 9.59 Å². The van der Waals surface area contributed by atoms with Crippen molar-refractivity contribution in [3.63, 3.8) is 0 Å². The van der Waals surface area contributed by atoms with E-state index in [4.69, 9.17) is 4.42 Å². The molecule has 0 radical (unpaired) electrons. The van der Waals surface area contributed by atoms with E-state index in [2.05, 4.69) is 11.9 Å². The quantitative estimate of drug-likeness (QED) is 0.938. The Morgan fingerprint density at radius 1 is 1.33 bits per heavy atom. The minimum Gasteiger partial charge on any atom is -0.464 e. The van der Waals surface area contributed by atoms with Crippen molar-refractivity contribution in [3.8, 4) is 0 Å². The predicted octanol–water partition coefficient (Wildman–Crippen LogP) is 3.45. The van der Waals surface area contributed by atoms with Crippen molar-refractivity contribution < 1.29 is 9.21 Å². The highest BCUT2D eigenvalue weighted by Crippen LogP contribution is 2.35. The number of H-pyrrole nitrogens is 1. The Balaban J connectivity index is 1.93. The Morgan fingerprint density at radius 2 is 2.12 bits per heavy atom. The summed E-state index contributed by atoms with van der Waals surface area (Å²) in [4.78, 5) is 29.6. The van der Waals surface area contributed by atoms with Crippen LogP contribution in [0, 0.1) is 12.8 Å². The molecule has 3 heterocycles. The molecule has 0 spiro atoms. The lowest BCUT2D eigenvalue weighted by atomic mass is 9.90. The van der Waals surface area contributed by atoms with Gasteiger partial charge in [-0.3, -0.25) is 9.59 Å². The Hall–Kier alpha value is -2.30. The summed E-state index contributed by atoms with van der Waals surface area (Å²) in [6.07, 6.45) is 2.62. The molecule has 1 aliphatic heterocycles. The average molecular weight is 328 g/mol. The topological polar surface area (TPSA) is 66.3 Å². The van der Waals surface area contributed by atoms with Crippen LogP contribution >= 0.6 is 0 Å². The van der Waals surface area contributed by atoms with Crippen molar-refractivity contribution in [2.45, 2.75) is 46.1 Å². The van der Waals surface area contributed by atoms with Gasteiger partial charge in [0.1, 0.15) is 17.1 Å². The Morgan fingerprint density at radius 3 is 2.79 bits per heavy atom. The molecule has 128 valence electrons. The van der Waals surface area contributed by atoms with Gasteiger partial charge in [-0.25, -0.2) is 0 Å². The van der Waals surface area contributed by atoms with E-state index in [0.29, 0.717) is 12.5 Å². The molecular weight excluding hydrogens is 304 g/mol. The van der Waals surface area contributed by atoms with E-state index < -0.39 is 0 Å². The molecule has 5 nitrogen and oxygen atoms in total. The third-order valence-electron chi connectivity index (χ3n) is 4.77. The molecule has 1 aliphatic rings. The monoisotopic (exact) mass is 328 g/mol. The van der Waals surface area contributed by atoms with E-state index in [1.807, 2.05) is 19.1 Å². The highest BCUT2D eigenvalue weighted by atomic mass is 16.3. The van der Waals surface area contributed by atoms with E-state index in [-0.39, 0.29) is 23.1 Å². The summed E-state index contributed by atoms with van der Waals surface area (Å²) in [7, 11) is 0. The van der Waals surface area contributed by atoms with Crippen LogP contribution < -0.4 is 5.56 Å². The molecular formula is C19H24N2O3. The van der Waals surface area contributed by atoms with Gasteiger partial charge in [0.25, 0.3) is 11.5 Å². The molecule has 1 saturated heterocycles. The molecule has 1 N–H and O–H groups in total. The normalized spacial score (nSPS) is 21.0. The number of amides is 1. The maximum Gasteiger partial charge on any atom is 0.260 e. The van der Waals surface area contributed by atoms with Gasteiger partial charge in [0, 0.05) is 18.7 Å². The highest BCUT2D eigenvalue weighted by Gasteiger charge is 2.34. The van der Waals surface area contributed by atoms with Gasteiger partial charge in [-0.2, -0.15) is 0 Å². The number of aryl methyl sites for hydroxylation is 2. The predicted molar refractivity (Wildman–Crippen MR) is 92.1 cm³/mol. The first-order valence-electron chi connectivity index (χ1n) is 8.59. The summed E-state index contributed by atoms with van der Waals surface area (Å²) in [5.41, 5.74) is 0.618. The molecule has 1 fully saturated rings. The first-order chi connectivity index (χ1) is 11.5. The number of aromatic amines is 1. The second kappa shape index (κ2) is 6.67. The van der Waals surface area contributed by atoms with Gasteiger partial charge in [-0.05, 0) is 49.9 Å². The minimum absolute atomic E-state index is 0.109. The Bertz CT molecular complexity index is 790. The van der Waals surface area contributed by atoms with Gasteiger partial charge in [0.05, 0.1) is 6.04 Å². The van der Waals surface area contributed by atoms with Gasteiger partial charge in [0.2, 0.25) is 0 Å². The molecule has 24 heavy (non-hydrogen) atoms. The Labute approximate surface area is 141 Å². The summed E-state index contributed by atoms with van der Waals surface area (Å²) < 4.78 is 5.91. The standard InChI is InChI=1S/C19H24N2O3/c1-4-14-6-8-17(24-14)16-11-12(2)9-10-21(16)19(23)15-7-5-13(3)20-18(15)22/h5-8,12,16H,4,9-11H2,1-3H3,(H,20,22)/t12-,16+/m1/s1. The molecule has 0 aliphatic carbocycles. The van der Waals surface area contributed by atoms with Crippen LogP contribution in [0.3, 0.4) is 0 Å². The maximum absolute atomic E-state index is 13.0. The van der Waals surface area contributed by atoms with Crippen LogP contribution in [0.15, 0.2) is 33.5 Å². The fourth-order valence-corrected chi connectivity index (χ4v) is 3.31. The van der Waals surface area contributed by atoms with Gasteiger partial charge < -0.3 is 14.3 Å². The first kappa shape index (κ1) is 16.6. The number of hydrogen-bond donors (Lipinski definition) is 1. The fourth-order valence-electron chi connectivity index (χ4n) is 3.31. The largest absolute Gasteiger partial charge is 0.464 e. The molecule has 5 heteroatoms. The molecule has 0 saturated carbocycles. The number of aromatic nitrogens is 1. The SMILES string of the molecule is CCc1ccc([C@@H]2C[C@H](C)CCN2C(=O)c2ccc(C)[nH]c2=O)o1. The van der Waals surface area contributed by atoms with Crippen molar-refractivity contribution in [2.24, 2.45) is 5.92 Å². The summed E-state index contributed by atoms with van der Waals surface area (Å²) in [5.74, 6) is 2.03. The van der Waals surface area contributed by atoms with Crippen LogP contribution in [0.4, 0.5) is 0 Å². The number of furan rings is 1. The zero-order chi connectivity index (χ0) is 17.3. The summed E-state index contributed by atoms with van der Waals surface area (Å²) in [5, 5.41) is 0. The third kappa shape index (κ3) is 3.16. The highest BCUT2D eigenvalue weighted by molar-refractivity contribution is 5.94. The molecule has 0 bridgehead atoms. The lowest BCUT2D eigenvalue weighted by Gasteiger charge is -2.37. The van der Waals surface area contributed by atoms with Gasteiger partial charge in [-0.1, -0.05) is 13.8 Å². The van der Waals surface area contributed by atoms with Gasteiger partial charge in [0.15, 0.2) is 0 Å². The lowest BCUT2D eigenvalue weighted by Crippen LogP contribution is -2.42. The van der Waals surface area contributed by atoms with E-state index in [1.54, 1.807) is 24.0 Å². The van der Waals surface area contributed by atoms with E-state index >= 15 is 0 Å². The average Bonchev–Trinajstić information content (AvgIpc) is 3.03. The summed E-state index contributed by atoms with van der Waals surface area (Å²) >= 11 is 0. The minimum atomic E-state index is -0.328. The van der Waals surface area contributed by atoms with Crippen LogP contribution in [0.2, 0.25) is 0 Å².